The molecule has 1 unspecified atom stereocenters. The van der Waals surface area contributed by atoms with E-state index in [1.54, 1.807) is 11.0 Å². The molecule has 0 aliphatic carbocycles. The highest BCUT2D eigenvalue weighted by atomic mass is 28.4. The lowest BCUT2D eigenvalue weighted by Crippen LogP contribution is -2.49. The van der Waals surface area contributed by atoms with Crippen LogP contribution in [0.15, 0.2) is 24.7 Å². The smallest absolute Gasteiger partial charge is 0.444 e. The summed E-state index contributed by atoms with van der Waals surface area (Å²) < 4.78 is 24.6. The van der Waals surface area contributed by atoms with Gasteiger partial charge in [0.2, 0.25) is 0 Å². The van der Waals surface area contributed by atoms with Crippen molar-refractivity contribution in [3.05, 3.63) is 24.7 Å². The van der Waals surface area contributed by atoms with Gasteiger partial charge in [0.25, 0.3) is 0 Å². The Morgan fingerprint density at radius 3 is 2.00 bits per heavy atom. The molecule has 0 saturated carbocycles. The third-order valence-corrected chi connectivity index (χ3v) is 11.7. The molecule has 1 aliphatic heterocycles. The summed E-state index contributed by atoms with van der Waals surface area (Å²) in [6, 6.07) is -0.193. The van der Waals surface area contributed by atoms with Gasteiger partial charge in [0.1, 0.15) is 5.60 Å². The van der Waals surface area contributed by atoms with Crippen molar-refractivity contribution in [1.29, 1.82) is 0 Å². The SMILES string of the molecule is C=CCN(C(=O)OC(C)(C)C)C(CCC(=C)B1OC(C)(C)C(C)(C)O1)CO[Si](C)(C)C(C)(C)C. The quantitative estimate of drug-likeness (QED) is 0.247. The molecule has 1 fully saturated rings. The molecule has 1 atom stereocenters. The van der Waals surface area contributed by atoms with E-state index in [1.807, 2.05) is 48.5 Å². The zero-order valence-electron chi connectivity index (χ0n) is 24.0. The monoisotopic (exact) mass is 495 g/mol. The molecular weight excluding hydrogens is 445 g/mol. The van der Waals surface area contributed by atoms with Gasteiger partial charge >= 0.3 is 13.2 Å². The van der Waals surface area contributed by atoms with Crippen LogP contribution in [0.3, 0.4) is 0 Å². The Morgan fingerprint density at radius 1 is 1.09 bits per heavy atom. The van der Waals surface area contributed by atoms with Gasteiger partial charge in [-0.2, -0.15) is 0 Å². The van der Waals surface area contributed by atoms with Crippen LogP contribution < -0.4 is 0 Å². The largest absolute Gasteiger partial charge is 0.489 e. The average molecular weight is 496 g/mol. The highest BCUT2D eigenvalue weighted by Crippen LogP contribution is 2.39. The van der Waals surface area contributed by atoms with E-state index in [2.05, 4.69) is 47.0 Å². The lowest BCUT2D eigenvalue weighted by atomic mass is 9.76. The number of nitrogens with zero attached hydrogens (tertiary/aromatic N) is 1. The molecule has 196 valence electrons. The van der Waals surface area contributed by atoms with Crippen LogP contribution >= 0.6 is 0 Å². The molecule has 0 aromatic heterocycles. The van der Waals surface area contributed by atoms with Crippen molar-refractivity contribution in [2.45, 2.75) is 123 Å². The first kappa shape index (κ1) is 30.9. The second kappa shape index (κ2) is 10.9. The van der Waals surface area contributed by atoms with Crippen LogP contribution in [0, 0.1) is 0 Å². The first-order valence-corrected chi connectivity index (χ1v) is 15.3. The van der Waals surface area contributed by atoms with Crippen molar-refractivity contribution in [1.82, 2.24) is 4.90 Å². The number of amides is 1. The Balaban J connectivity index is 3.07. The Morgan fingerprint density at radius 2 is 1.59 bits per heavy atom. The van der Waals surface area contributed by atoms with Gasteiger partial charge in [0.05, 0.1) is 23.9 Å². The Hall–Kier alpha value is -1.09. The fraction of sp³-hybridized carbons (Fsp3) is 0.808. The molecule has 0 bridgehead atoms. The van der Waals surface area contributed by atoms with Gasteiger partial charge < -0.3 is 18.5 Å². The maximum atomic E-state index is 13.1. The van der Waals surface area contributed by atoms with Crippen LogP contribution in [0.1, 0.15) is 82.1 Å². The summed E-state index contributed by atoms with van der Waals surface area (Å²) in [5, 5.41) is 0.0685. The highest BCUT2D eigenvalue weighted by molar-refractivity contribution is 6.74. The van der Waals surface area contributed by atoms with Crippen LogP contribution in [-0.2, 0) is 18.5 Å². The van der Waals surface area contributed by atoms with E-state index in [-0.39, 0.29) is 17.2 Å². The van der Waals surface area contributed by atoms with E-state index in [1.165, 1.54) is 0 Å². The van der Waals surface area contributed by atoms with Crippen LogP contribution in [0.4, 0.5) is 4.79 Å². The zero-order chi connectivity index (χ0) is 26.8. The molecule has 1 rings (SSSR count). The van der Waals surface area contributed by atoms with Gasteiger partial charge in [-0.15, -0.1) is 13.2 Å². The van der Waals surface area contributed by atoms with Crippen molar-refractivity contribution in [3.63, 3.8) is 0 Å². The molecule has 0 spiro atoms. The number of ether oxygens (including phenoxy) is 1. The predicted molar refractivity (Wildman–Crippen MR) is 145 cm³/mol. The second-order valence-electron chi connectivity index (χ2n) is 12.9. The number of hydrogen-bond acceptors (Lipinski definition) is 5. The van der Waals surface area contributed by atoms with Crippen molar-refractivity contribution in [2.75, 3.05) is 13.2 Å². The number of hydrogen-bond donors (Lipinski definition) is 0. The van der Waals surface area contributed by atoms with Gasteiger partial charge in [0, 0.05) is 6.54 Å². The molecule has 0 N–H and O–H groups in total. The summed E-state index contributed by atoms with van der Waals surface area (Å²) in [4.78, 5) is 14.8. The highest BCUT2D eigenvalue weighted by Gasteiger charge is 2.52. The van der Waals surface area contributed by atoms with Crippen molar-refractivity contribution < 1.29 is 23.3 Å². The van der Waals surface area contributed by atoms with Gasteiger partial charge in [-0.05, 0) is 84.9 Å². The van der Waals surface area contributed by atoms with Crippen molar-refractivity contribution >= 4 is 21.5 Å². The number of carbonyl (C=O) groups excluding carboxylic acids is 1. The second-order valence-corrected chi connectivity index (χ2v) is 17.7. The molecule has 1 amide bonds. The van der Waals surface area contributed by atoms with E-state index >= 15 is 0 Å². The van der Waals surface area contributed by atoms with Gasteiger partial charge in [0.15, 0.2) is 8.32 Å². The molecule has 8 heteroatoms. The lowest BCUT2D eigenvalue weighted by Gasteiger charge is -2.39. The van der Waals surface area contributed by atoms with Gasteiger partial charge in [-0.1, -0.05) is 26.8 Å². The van der Waals surface area contributed by atoms with E-state index in [0.717, 1.165) is 5.47 Å². The van der Waals surface area contributed by atoms with Gasteiger partial charge in [-0.25, -0.2) is 4.79 Å². The normalized spacial score (nSPS) is 19.0. The van der Waals surface area contributed by atoms with Crippen LogP contribution in [0.25, 0.3) is 0 Å². The zero-order valence-corrected chi connectivity index (χ0v) is 25.0. The summed E-state index contributed by atoms with van der Waals surface area (Å²) in [7, 11) is -2.49. The predicted octanol–water partition coefficient (Wildman–Crippen LogP) is 6.77. The van der Waals surface area contributed by atoms with Crippen LogP contribution in [-0.4, -0.2) is 62.4 Å². The maximum absolute atomic E-state index is 13.1. The van der Waals surface area contributed by atoms with E-state index in [4.69, 9.17) is 18.5 Å². The summed E-state index contributed by atoms with van der Waals surface area (Å²) in [6.45, 7) is 33.8. The topological polar surface area (TPSA) is 57.2 Å². The molecule has 0 radical (unpaired) electrons. The minimum atomic E-state index is -2.01. The fourth-order valence-corrected chi connectivity index (χ4v) is 4.20. The molecule has 6 nitrogen and oxygen atoms in total. The minimum absolute atomic E-state index is 0.0685. The Bertz CT molecular complexity index is 720. The van der Waals surface area contributed by atoms with Gasteiger partial charge in [-0.3, -0.25) is 4.90 Å². The first-order chi connectivity index (χ1) is 15.1. The summed E-state index contributed by atoms with van der Waals surface area (Å²) in [5.41, 5.74) is -0.569. The molecule has 34 heavy (non-hydrogen) atoms. The summed E-state index contributed by atoms with van der Waals surface area (Å²) >= 11 is 0. The molecule has 1 heterocycles. The summed E-state index contributed by atoms with van der Waals surface area (Å²) in [6.07, 6.45) is 2.66. The third kappa shape index (κ3) is 8.25. The maximum Gasteiger partial charge on any atom is 0.489 e. The van der Waals surface area contributed by atoms with E-state index in [0.29, 0.717) is 26.0 Å². The Labute approximate surface area is 210 Å². The molecule has 0 aromatic carbocycles. The third-order valence-electron chi connectivity index (χ3n) is 7.22. The van der Waals surface area contributed by atoms with E-state index in [9.17, 15) is 4.79 Å². The average Bonchev–Trinajstić information content (AvgIpc) is 2.85. The fourth-order valence-electron chi connectivity index (χ4n) is 3.16. The van der Waals surface area contributed by atoms with Crippen molar-refractivity contribution in [3.8, 4) is 0 Å². The van der Waals surface area contributed by atoms with E-state index < -0.39 is 32.2 Å². The summed E-state index contributed by atoms with van der Waals surface area (Å²) in [5.74, 6) is 0. The standard InChI is InChI=1S/C26H50BNO5Si/c1-15-18-28(22(29)31-23(3,4)5)21(19-30-34(13,14)24(6,7)8)17-16-20(2)27-32-25(9,10)26(11,12)33-27/h15,21H,1-2,16-19H2,3-14H3. The first-order valence-electron chi connectivity index (χ1n) is 12.4. The lowest BCUT2D eigenvalue weighted by molar-refractivity contribution is 0.00578. The molecular formula is C26H50BNO5Si. The molecule has 0 aromatic rings. The number of rotatable bonds is 10. The Kier molecular flexibility index (Phi) is 9.91. The van der Waals surface area contributed by atoms with Crippen LogP contribution in [0.5, 0.6) is 0 Å². The minimum Gasteiger partial charge on any atom is -0.444 e. The van der Waals surface area contributed by atoms with Crippen molar-refractivity contribution in [2.24, 2.45) is 0 Å². The van der Waals surface area contributed by atoms with Crippen LogP contribution in [0.2, 0.25) is 18.1 Å². The molecule has 1 aliphatic rings. The number of carbonyl (C=O) groups is 1. The molecule has 1 saturated heterocycles. The number of allylic oxidation sites excluding steroid dienone is 1.